The zero-order valence-corrected chi connectivity index (χ0v) is 47.8. The van der Waals surface area contributed by atoms with Crippen LogP contribution in [-0.2, 0) is 10.8 Å². The van der Waals surface area contributed by atoms with E-state index >= 15 is 4.79 Å². The van der Waals surface area contributed by atoms with Gasteiger partial charge < -0.3 is 9.80 Å². The number of ketones is 1. The Kier molecular flexibility index (Phi) is 10.9. The summed E-state index contributed by atoms with van der Waals surface area (Å²) in [5.41, 5.74) is 25.0. The summed E-state index contributed by atoms with van der Waals surface area (Å²) < 4.78 is 0. The third-order valence-corrected chi connectivity index (χ3v) is 20.4. The van der Waals surface area contributed by atoms with Crippen molar-refractivity contribution >= 4 is 45.7 Å². The minimum atomic E-state index is -0.746. The maximum Gasteiger partial charge on any atom is 0.193 e. The molecule has 0 amide bonds. The maximum atomic E-state index is 16.1. The average Bonchev–Trinajstić information content (AvgIpc) is 1.53. The zero-order valence-electron chi connectivity index (χ0n) is 47.8. The molecule has 3 unspecified atom stereocenters. The van der Waals surface area contributed by atoms with E-state index in [2.05, 4.69) is 289 Å². The Labute approximate surface area is 502 Å². The summed E-state index contributed by atoms with van der Waals surface area (Å²) in [5, 5.41) is 5.05. The molecule has 0 fully saturated rings. The standard InChI is InChI=1S/C83H60N2O/c86-81(57-37-43-69-67-29-13-17-33-75(67)82(77(69)49-57)73-31-15-11-27-65(73)66-28-12-16-32-74(66)82)58-38-44-70-68-30-14-18-34-76(68)83(78(70)50-58)79-51-63(84(59-23-3-1-4-24-59)61-39-35-53-19-7-9-21-55(53)47-61)41-45-71(79)72-46-42-64(52-80(72)83)85(60-25-5-2-6-26-60)62-40-36-54-20-8-10-22-56(54)48-62/h1,3-5,7-23,25-39,41,43-45,47-52,59,62H,2,6,24,40,42,46H2. The molecule has 3 nitrogen and oxygen atoms in total. The number of hydrogen-bond acceptors (Lipinski definition) is 3. The molecule has 0 N–H and O–H groups in total. The Hall–Kier alpha value is -10.1. The summed E-state index contributed by atoms with van der Waals surface area (Å²) in [6.07, 6.45) is 29.5. The first-order valence-corrected chi connectivity index (χ1v) is 30.9. The summed E-state index contributed by atoms with van der Waals surface area (Å²) in [5.74, 6) is 0.0274. The molecule has 86 heavy (non-hydrogen) atoms. The monoisotopic (exact) mass is 1100 g/mol. The number of nitrogens with zero attached hydrogens (tertiary/aromatic N) is 2. The lowest BCUT2D eigenvalue weighted by molar-refractivity contribution is 0.103. The van der Waals surface area contributed by atoms with E-state index in [1.165, 1.54) is 122 Å². The molecule has 0 saturated heterocycles. The molecule has 0 radical (unpaired) electrons. The Bertz CT molecular complexity index is 4900. The van der Waals surface area contributed by atoms with Crippen molar-refractivity contribution in [2.75, 3.05) is 4.90 Å². The summed E-state index contributed by atoms with van der Waals surface area (Å²) in [7, 11) is 0. The van der Waals surface area contributed by atoms with Crippen LogP contribution in [0.25, 0.3) is 61.9 Å². The first kappa shape index (κ1) is 49.3. The van der Waals surface area contributed by atoms with Crippen molar-refractivity contribution in [1.29, 1.82) is 0 Å². The maximum absolute atomic E-state index is 16.1. The van der Waals surface area contributed by atoms with E-state index in [4.69, 9.17) is 0 Å². The highest BCUT2D eigenvalue weighted by Gasteiger charge is 2.55. The number of carbonyl (C=O) groups is 1. The normalized spacial score (nSPS) is 19.7. The summed E-state index contributed by atoms with van der Waals surface area (Å²) in [6, 6.07) is 81.3. The number of anilines is 2. The molecule has 2 spiro atoms. The van der Waals surface area contributed by atoms with E-state index in [1.807, 2.05) is 0 Å². The third-order valence-electron chi connectivity index (χ3n) is 20.4. The number of rotatable bonds is 8. The van der Waals surface area contributed by atoms with Crippen molar-refractivity contribution in [3.63, 3.8) is 0 Å². The molecule has 8 aliphatic rings. The second-order valence-electron chi connectivity index (χ2n) is 24.6. The van der Waals surface area contributed by atoms with Crippen LogP contribution < -0.4 is 15.3 Å². The van der Waals surface area contributed by atoms with Gasteiger partial charge >= 0.3 is 0 Å². The molecule has 0 bridgehead atoms. The van der Waals surface area contributed by atoms with Gasteiger partial charge in [-0.05, 0) is 197 Å². The molecule has 8 aliphatic carbocycles. The van der Waals surface area contributed by atoms with E-state index in [0.29, 0.717) is 11.1 Å². The average molecular weight is 1100 g/mol. The lowest BCUT2D eigenvalue weighted by atomic mass is 9.68. The van der Waals surface area contributed by atoms with Crippen LogP contribution in [0.1, 0.15) is 99.0 Å². The molecule has 3 atom stereocenters. The summed E-state index contributed by atoms with van der Waals surface area (Å²) in [6.45, 7) is 0. The number of carbonyl (C=O) groups excluding carboxylic acids is 1. The van der Waals surface area contributed by atoms with Crippen LogP contribution in [0.3, 0.4) is 0 Å². The highest BCUT2D eigenvalue weighted by molar-refractivity contribution is 6.11. The fourth-order valence-corrected chi connectivity index (χ4v) is 16.8. The van der Waals surface area contributed by atoms with Crippen molar-refractivity contribution in [3.8, 4) is 33.4 Å². The highest BCUT2D eigenvalue weighted by atomic mass is 16.1. The van der Waals surface area contributed by atoms with Crippen LogP contribution in [0.5, 0.6) is 0 Å². The van der Waals surface area contributed by atoms with E-state index in [1.54, 1.807) is 0 Å². The molecule has 10 aromatic rings. The van der Waals surface area contributed by atoms with Crippen molar-refractivity contribution in [2.24, 2.45) is 0 Å². The van der Waals surface area contributed by atoms with E-state index in [-0.39, 0.29) is 17.9 Å². The Morgan fingerprint density at radius 2 is 0.988 bits per heavy atom. The molecule has 0 heterocycles. The molecule has 0 aliphatic heterocycles. The van der Waals surface area contributed by atoms with Crippen LogP contribution in [0.4, 0.5) is 11.4 Å². The van der Waals surface area contributed by atoms with Gasteiger partial charge in [0.05, 0.1) is 22.9 Å². The first-order valence-electron chi connectivity index (χ1n) is 30.9. The van der Waals surface area contributed by atoms with E-state index in [9.17, 15) is 0 Å². The number of benzene rings is 10. The molecule has 0 aromatic heterocycles. The van der Waals surface area contributed by atoms with Gasteiger partial charge in [0.25, 0.3) is 0 Å². The zero-order chi connectivity index (χ0) is 56.7. The van der Waals surface area contributed by atoms with Crippen LogP contribution in [0.2, 0.25) is 0 Å². The van der Waals surface area contributed by atoms with Crippen LogP contribution >= 0.6 is 0 Å². The molecule has 0 saturated carbocycles. The molecule has 408 valence electrons. The van der Waals surface area contributed by atoms with Crippen molar-refractivity contribution < 1.29 is 4.79 Å². The Morgan fingerprint density at radius 1 is 0.419 bits per heavy atom. The van der Waals surface area contributed by atoms with Crippen LogP contribution in [0.15, 0.2) is 284 Å². The Balaban J connectivity index is 0.849. The topological polar surface area (TPSA) is 23.6 Å². The summed E-state index contributed by atoms with van der Waals surface area (Å²) in [4.78, 5) is 21.3. The number of allylic oxidation sites excluding steroid dienone is 9. The highest BCUT2D eigenvalue weighted by Crippen LogP contribution is 2.66. The van der Waals surface area contributed by atoms with Gasteiger partial charge in [0.15, 0.2) is 5.78 Å². The van der Waals surface area contributed by atoms with Gasteiger partial charge in [0.1, 0.15) is 0 Å². The second-order valence-corrected chi connectivity index (χ2v) is 24.6. The molecule has 18 rings (SSSR count). The quantitative estimate of drug-likeness (QED) is 0.142. The van der Waals surface area contributed by atoms with Gasteiger partial charge in [-0.15, -0.1) is 0 Å². The number of hydrogen-bond donors (Lipinski definition) is 0. The van der Waals surface area contributed by atoms with E-state index in [0.717, 1.165) is 49.9 Å². The van der Waals surface area contributed by atoms with Gasteiger partial charge in [-0.25, -0.2) is 0 Å². The lowest BCUT2D eigenvalue weighted by Crippen LogP contribution is -2.39. The van der Waals surface area contributed by atoms with Gasteiger partial charge in [0, 0.05) is 33.9 Å². The minimum Gasteiger partial charge on any atom is -0.338 e. The third kappa shape index (κ3) is 6.94. The van der Waals surface area contributed by atoms with Crippen molar-refractivity contribution in [2.45, 2.75) is 61.4 Å². The smallest absolute Gasteiger partial charge is 0.193 e. The van der Waals surface area contributed by atoms with Crippen molar-refractivity contribution in [3.05, 3.63) is 350 Å². The van der Waals surface area contributed by atoms with Gasteiger partial charge in [-0.2, -0.15) is 0 Å². The SMILES string of the molecule is O=C(c1ccc2c(c1)C1(C3=C(CCC(N(C4=CCCC=C4)C4C=c5ccccc5=CC4)=C3)c3ccc(N(c4ccc5ccccc5c4)C4C=CC=CC4)cc31)c1ccccc1-2)c1ccc2c(c1)C1(c3ccccc3-c3ccccc31)c1ccccc1-2. The molecule has 3 heteroatoms. The predicted molar refractivity (Wildman–Crippen MR) is 353 cm³/mol. The van der Waals surface area contributed by atoms with Crippen LogP contribution in [0, 0.1) is 0 Å². The largest absolute Gasteiger partial charge is 0.338 e. The predicted octanol–water partition coefficient (Wildman–Crippen LogP) is 17.8. The second kappa shape index (κ2) is 19.0. The number of fused-ring (bicyclic) bond motifs is 21. The minimum absolute atomic E-state index is 0.0274. The summed E-state index contributed by atoms with van der Waals surface area (Å²) >= 11 is 0. The van der Waals surface area contributed by atoms with E-state index < -0.39 is 10.8 Å². The van der Waals surface area contributed by atoms with Crippen molar-refractivity contribution in [1.82, 2.24) is 4.90 Å². The molecule has 10 aromatic carbocycles. The lowest BCUT2D eigenvalue weighted by Gasteiger charge is -2.39. The van der Waals surface area contributed by atoms with Crippen LogP contribution in [-0.4, -0.2) is 22.8 Å². The van der Waals surface area contributed by atoms with Gasteiger partial charge in [0.2, 0.25) is 0 Å². The Morgan fingerprint density at radius 3 is 1.65 bits per heavy atom. The molecular formula is C83H60N2O. The van der Waals surface area contributed by atoms with Gasteiger partial charge in [-0.1, -0.05) is 231 Å². The van der Waals surface area contributed by atoms with Gasteiger partial charge in [-0.3, -0.25) is 4.79 Å². The molecular weight excluding hydrogens is 1040 g/mol. The fraction of sp³-hybridized carbons (Fsp3) is 0.120. The first-order chi connectivity index (χ1) is 42.6. The fourth-order valence-electron chi connectivity index (χ4n) is 16.8.